The Morgan fingerprint density at radius 3 is 2.69 bits per heavy atom. The predicted octanol–water partition coefficient (Wildman–Crippen LogP) is 3.45. The van der Waals surface area contributed by atoms with Gasteiger partial charge in [0.1, 0.15) is 4.83 Å². The van der Waals surface area contributed by atoms with Crippen molar-refractivity contribution >= 4 is 39.0 Å². The van der Waals surface area contributed by atoms with Crippen LogP contribution < -0.4 is 5.56 Å². The van der Waals surface area contributed by atoms with Crippen LogP contribution in [0.2, 0.25) is 0 Å². The third kappa shape index (κ3) is 3.16. The number of carbonyl (C=O) groups is 1. The van der Waals surface area contributed by atoms with Gasteiger partial charge in [0.25, 0.3) is 11.2 Å². The normalized spacial score (nSPS) is 13.8. The lowest BCUT2D eigenvalue weighted by Gasteiger charge is -2.03. The molecule has 4 aromatic rings. The van der Waals surface area contributed by atoms with Crippen LogP contribution in [-0.2, 0) is 17.6 Å². The number of rotatable bonds is 4. The molecule has 5 rings (SSSR count). The number of nitro benzene ring substituents is 1. The third-order valence-electron chi connectivity index (χ3n) is 5.58. The Morgan fingerprint density at radius 2 is 1.97 bits per heavy atom. The Morgan fingerprint density at radius 1 is 1.22 bits per heavy atom. The van der Waals surface area contributed by atoms with Crippen molar-refractivity contribution in [2.75, 3.05) is 6.61 Å². The maximum atomic E-state index is 13.6. The van der Waals surface area contributed by atoms with Crippen LogP contribution in [0.15, 0.2) is 29.1 Å². The molecule has 164 valence electrons. The summed E-state index contributed by atoms with van der Waals surface area (Å²) in [7, 11) is 0. The Kier molecular flexibility index (Phi) is 4.97. The predicted molar refractivity (Wildman–Crippen MR) is 118 cm³/mol. The molecule has 10 nitrogen and oxygen atoms in total. The van der Waals surface area contributed by atoms with E-state index in [2.05, 4.69) is 5.10 Å². The largest absolute Gasteiger partial charge is 0.460 e. The van der Waals surface area contributed by atoms with Gasteiger partial charge in [-0.15, -0.1) is 16.4 Å². The maximum Gasteiger partial charge on any atom is 0.376 e. The summed E-state index contributed by atoms with van der Waals surface area (Å²) in [6.45, 7) is 1.80. The molecule has 0 N–H and O–H groups in total. The summed E-state index contributed by atoms with van der Waals surface area (Å²) >= 11 is 1.51. The number of thiophene rings is 1. The van der Waals surface area contributed by atoms with Crippen LogP contribution in [0.5, 0.6) is 0 Å². The van der Waals surface area contributed by atoms with Gasteiger partial charge in [0.15, 0.2) is 0 Å². The van der Waals surface area contributed by atoms with E-state index in [4.69, 9.17) is 9.72 Å². The van der Waals surface area contributed by atoms with Gasteiger partial charge < -0.3 is 4.74 Å². The minimum Gasteiger partial charge on any atom is -0.460 e. The summed E-state index contributed by atoms with van der Waals surface area (Å²) in [6, 6.07) is 5.67. The van der Waals surface area contributed by atoms with Crippen LogP contribution in [0.4, 0.5) is 5.69 Å². The second kappa shape index (κ2) is 7.83. The summed E-state index contributed by atoms with van der Waals surface area (Å²) in [4.78, 5) is 43.3. The molecule has 0 amide bonds. The van der Waals surface area contributed by atoms with Crippen molar-refractivity contribution in [2.24, 2.45) is 0 Å². The molecule has 0 atom stereocenters. The highest BCUT2D eigenvalue weighted by Gasteiger charge is 2.26. The molecule has 0 fully saturated rings. The topological polar surface area (TPSA) is 122 Å². The number of hydrogen-bond donors (Lipinski definition) is 0. The quantitative estimate of drug-likeness (QED) is 0.201. The van der Waals surface area contributed by atoms with Gasteiger partial charge in [-0.2, -0.15) is 4.68 Å². The molecule has 1 aliphatic rings. The molecule has 0 bridgehead atoms. The number of hydrogen-bond acceptors (Lipinski definition) is 8. The van der Waals surface area contributed by atoms with Crippen LogP contribution in [-0.4, -0.2) is 36.7 Å². The van der Waals surface area contributed by atoms with E-state index in [1.165, 1.54) is 49.6 Å². The first-order valence-corrected chi connectivity index (χ1v) is 11.2. The zero-order chi connectivity index (χ0) is 22.4. The molecule has 0 saturated carbocycles. The lowest BCUT2D eigenvalue weighted by atomic mass is 10.1. The number of ether oxygens (including phenoxy) is 1. The summed E-state index contributed by atoms with van der Waals surface area (Å²) in [5.74, 6) is -0.744. The monoisotopic (exact) mass is 453 g/mol. The van der Waals surface area contributed by atoms with Gasteiger partial charge >= 0.3 is 5.97 Å². The van der Waals surface area contributed by atoms with Crippen molar-refractivity contribution in [1.82, 2.24) is 19.2 Å². The van der Waals surface area contributed by atoms with Gasteiger partial charge in [0, 0.05) is 17.0 Å². The Labute approximate surface area is 185 Å². The fourth-order valence-corrected chi connectivity index (χ4v) is 5.35. The van der Waals surface area contributed by atoms with Crippen LogP contribution in [0.3, 0.4) is 0 Å². The van der Waals surface area contributed by atoms with E-state index in [-0.39, 0.29) is 29.5 Å². The highest BCUT2D eigenvalue weighted by Crippen LogP contribution is 2.33. The number of esters is 1. The maximum absolute atomic E-state index is 13.6. The first-order valence-electron chi connectivity index (χ1n) is 10.4. The van der Waals surface area contributed by atoms with Crippen molar-refractivity contribution in [1.29, 1.82) is 0 Å². The Bertz CT molecular complexity index is 1430. The van der Waals surface area contributed by atoms with Crippen molar-refractivity contribution in [3.05, 3.63) is 61.0 Å². The average Bonchev–Trinajstić information content (AvgIpc) is 3.25. The molecular formula is C21H19N5O5S. The van der Waals surface area contributed by atoms with E-state index in [1.54, 1.807) is 6.92 Å². The lowest BCUT2D eigenvalue weighted by molar-refractivity contribution is -0.384. The Balaban J connectivity index is 1.81. The van der Waals surface area contributed by atoms with E-state index in [9.17, 15) is 19.7 Å². The molecular weight excluding hydrogens is 434 g/mol. The molecule has 0 unspecified atom stereocenters. The molecule has 0 saturated heterocycles. The van der Waals surface area contributed by atoms with Crippen molar-refractivity contribution in [2.45, 2.75) is 39.0 Å². The van der Waals surface area contributed by atoms with Gasteiger partial charge in [-0.25, -0.2) is 14.2 Å². The molecule has 0 spiro atoms. The van der Waals surface area contributed by atoms with Gasteiger partial charge in [0.05, 0.1) is 22.6 Å². The minimum atomic E-state index is -0.734. The van der Waals surface area contributed by atoms with Crippen LogP contribution >= 0.6 is 11.3 Å². The number of benzene rings is 1. The van der Waals surface area contributed by atoms with Crippen molar-refractivity contribution < 1.29 is 14.5 Å². The van der Waals surface area contributed by atoms with E-state index < -0.39 is 10.9 Å². The number of nitrogens with zero attached hydrogens (tertiary/aromatic N) is 5. The molecule has 32 heavy (non-hydrogen) atoms. The molecule has 1 aliphatic carbocycles. The fraction of sp³-hybridized carbons (Fsp3) is 0.333. The highest BCUT2D eigenvalue weighted by atomic mass is 32.1. The summed E-state index contributed by atoms with van der Waals surface area (Å²) in [5, 5.41) is 15.9. The van der Waals surface area contributed by atoms with Crippen LogP contribution in [0, 0.1) is 10.1 Å². The van der Waals surface area contributed by atoms with Crippen molar-refractivity contribution in [3.63, 3.8) is 0 Å². The average molecular weight is 453 g/mol. The van der Waals surface area contributed by atoms with Crippen molar-refractivity contribution in [3.8, 4) is 5.69 Å². The fourth-order valence-electron chi connectivity index (χ4n) is 4.10. The molecule has 0 radical (unpaired) electrons. The number of aryl methyl sites for hydroxylation is 2. The molecule has 11 heteroatoms. The lowest BCUT2D eigenvalue weighted by Crippen LogP contribution is -2.21. The zero-order valence-corrected chi connectivity index (χ0v) is 18.1. The summed E-state index contributed by atoms with van der Waals surface area (Å²) < 4.78 is 7.67. The first kappa shape index (κ1) is 20.3. The second-order valence-corrected chi connectivity index (χ2v) is 8.61. The summed E-state index contributed by atoms with van der Waals surface area (Å²) in [6.07, 6.45) is 4.92. The second-order valence-electron chi connectivity index (χ2n) is 7.53. The molecule has 3 heterocycles. The third-order valence-corrected chi connectivity index (χ3v) is 6.77. The standard InChI is InChI=1S/C21H19N5O5S/c1-2-31-20(28)17-23-25(12-8-10-13(11-9-12)26(29)30)21-22-18-16(19(27)24(17)21)14-6-4-3-5-7-15(14)32-18/h8-11H,2-7H2,1H3. The molecule has 0 aliphatic heterocycles. The van der Waals surface area contributed by atoms with Crippen LogP contribution in [0.1, 0.15) is 47.2 Å². The molecule has 3 aromatic heterocycles. The van der Waals surface area contributed by atoms with Gasteiger partial charge in [-0.3, -0.25) is 14.9 Å². The van der Waals surface area contributed by atoms with E-state index >= 15 is 0 Å². The van der Waals surface area contributed by atoms with E-state index in [0.717, 1.165) is 37.7 Å². The zero-order valence-electron chi connectivity index (χ0n) is 17.2. The number of fused-ring (bicyclic) bond motifs is 4. The van der Waals surface area contributed by atoms with Gasteiger partial charge in [-0.1, -0.05) is 6.42 Å². The number of non-ortho nitro benzene ring substituents is 1. The number of aromatic nitrogens is 4. The molecule has 1 aromatic carbocycles. The van der Waals surface area contributed by atoms with Gasteiger partial charge in [-0.05, 0) is 50.3 Å². The highest BCUT2D eigenvalue weighted by molar-refractivity contribution is 7.18. The number of nitro groups is 1. The van der Waals surface area contributed by atoms with E-state index in [0.29, 0.717) is 15.9 Å². The van der Waals surface area contributed by atoms with Crippen LogP contribution in [0.25, 0.3) is 21.7 Å². The van der Waals surface area contributed by atoms with E-state index in [1.807, 2.05) is 0 Å². The van der Waals surface area contributed by atoms with Gasteiger partial charge in [0.2, 0.25) is 11.6 Å². The smallest absolute Gasteiger partial charge is 0.376 e. The first-order chi connectivity index (χ1) is 15.5. The minimum absolute atomic E-state index is 0.0784. The number of carbonyl (C=O) groups excluding carboxylic acids is 1. The Hall–Kier alpha value is -3.60. The SMILES string of the molecule is CCOC(=O)c1nn(-c2ccc([N+](=O)[O-])cc2)c2nc3sc4c(c3c(=O)n12)CCCCC4. The summed E-state index contributed by atoms with van der Waals surface area (Å²) in [5.41, 5.74) is 1.03.